The molecular formula is C20H18F3N7O. The van der Waals surface area contributed by atoms with Gasteiger partial charge in [0.2, 0.25) is 5.82 Å². The molecule has 0 aliphatic rings. The van der Waals surface area contributed by atoms with Crippen molar-refractivity contribution < 1.29 is 17.9 Å². The average molecular weight is 429 g/mol. The van der Waals surface area contributed by atoms with Crippen molar-refractivity contribution in [2.24, 2.45) is 0 Å². The summed E-state index contributed by atoms with van der Waals surface area (Å²) in [7, 11) is 1.55. The van der Waals surface area contributed by atoms with Crippen molar-refractivity contribution in [1.82, 2.24) is 29.5 Å². The minimum absolute atomic E-state index is 0.412. The van der Waals surface area contributed by atoms with Gasteiger partial charge in [0.25, 0.3) is 0 Å². The molecule has 0 saturated carbocycles. The summed E-state index contributed by atoms with van der Waals surface area (Å²) in [4.78, 5) is 19.6. The fourth-order valence-electron chi connectivity index (χ4n) is 3.16. The summed E-state index contributed by atoms with van der Waals surface area (Å²) in [5, 5.41) is 3.89. The number of benzene rings is 1. The number of ether oxygens (including phenoxy) is 1. The van der Waals surface area contributed by atoms with Gasteiger partial charge in [0, 0.05) is 41.3 Å². The molecule has 1 aromatic carbocycles. The number of nitrogens with zero attached hydrogens (tertiary/aromatic N) is 6. The van der Waals surface area contributed by atoms with Gasteiger partial charge in [-0.2, -0.15) is 13.2 Å². The molecule has 0 aliphatic heterocycles. The maximum Gasteiger partial charge on any atom is 0.451 e. The first-order valence-electron chi connectivity index (χ1n) is 9.25. The number of methoxy groups -OCH3 is 1. The normalized spacial score (nSPS) is 12.7. The fraction of sp³-hybridized carbons (Fsp3) is 0.250. The van der Waals surface area contributed by atoms with Gasteiger partial charge < -0.3 is 14.6 Å². The molecule has 1 unspecified atom stereocenters. The summed E-state index contributed by atoms with van der Waals surface area (Å²) in [5.41, 5.74) is 2.82. The third kappa shape index (κ3) is 3.98. The lowest BCUT2D eigenvalue weighted by Gasteiger charge is -2.17. The van der Waals surface area contributed by atoms with Gasteiger partial charge in [-0.15, -0.1) is 0 Å². The lowest BCUT2D eigenvalue weighted by molar-refractivity contribution is -0.145. The third-order valence-corrected chi connectivity index (χ3v) is 4.79. The molecule has 0 radical (unpaired) electrons. The molecule has 3 aromatic heterocycles. The van der Waals surface area contributed by atoms with E-state index in [1.807, 2.05) is 23.6 Å². The van der Waals surface area contributed by atoms with Gasteiger partial charge in [0.15, 0.2) is 0 Å². The van der Waals surface area contributed by atoms with Crippen LogP contribution in [-0.4, -0.2) is 36.6 Å². The Labute approximate surface area is 175 Å². The fourth-order valence-corrected chi connectivity index (χ4v) is 3.16. The Balaban J connectivity index is 1.73. The molecule has 0 saturated heterocycles. The lowest BCUT2D eigenvalue weighted by atomic mass is 10.1. The number of aryl methyl sites for hydroxylation is 1. The SMILES string of the molecule is COc1cc(-n2cncc2C)cc2c(NC(C)c3cnc(C(F)(F)F)nc3)ncnc12. The zero-order valence-corrected chi connectivity index (χ0v) is 16.8. The number of hydrogen-bond donors (Lipinski definition) is 1. The molecule has 0 fully saturated rings. The van der Waals surface area contributed by atoms with Crippen LogP contribution in [0.5, 0.6) is 5.75 Å². The molecule has 160 valence electrons. The number of halogens is 3. The number of imidazole rings is 1. The molecule has 11 heteroatoms. The summed E-state index contributed by atoms with van der Waals surface area (Å²) < 4.78 is 45.6. The van der Waals surface area contributed by atoms with Gasteiger partial charge in [-0.05, 0) is 19.9 Å². The molecule has 31 heavy (non-hydrogen) atoms. The summed E-state index contributed by atoms with van der Waals surface area (Å²) in [6, 6.07) is 3.33. The maximum absolute atomic E-state index is 12.7. The van der Waals surface area contributed by atoms with E-state index in [-0.39, 0.29) is 0 Å². The Kier molecular flexibility index (Phi) is 5.17. The highest BCUT2D eigenvalue weighted by atomic mass is 19.4. The van der Waals surface area contributed by atoms with Crippen LogP contribution in [0, 0.1) is 6.92 Å². The van der Waals surface area contributed by atoms with Crippen LogP contribution >= 0.6 is 0 Å². The maximum atomic E-state index is 12.7. The molecule has 0 spiro atoms. The van der Waals surface area contributed by atoms with Gasteiger partial charge >= 0.3 is 6.18 Å². The Morgan fingerprint density at radius 3 is 2.42 bits per heavy atom. The van der Waals surface area contributed by atoms with Crippen LogP contribution in [0.15, 0.2) is 43.4 Å². The van der Waals surface area contributed by atoms with E-state index in [0.717, 1.165) is 23.8 Å². The predicted octanol–water partition coefficient (Wildman–Crippen LogP) is 4.11. The Morgan fingerprint density at radius 1 is 1.06 bits per heavy atom. The first-order chi connectivity index (χ1) is 14.8. The van der Waals surface area contributed by atoms with Crippen molar-refractivity contribution in [3.8, 4) is 11.4 Å². The highest BCUT2D eigenvalue weighted by Gasteiger charge is 2.34. The quantitative estimate of drug-likeness (QED) is 0.510. The molecule has 4 aromatic rings. The van der Waals surface area contributed by atoms with E-state index >= 15 is 0 Å². The second-order valence-corrected chi connectivity index (χ2v) is 6.88. The molecule has 3 heterocycles. The number of hydrogen-bond acceptors (Lipinski definition) is 7. The van der Waals surface area contributed by atoms with Gasteiger partial charge in [0.1, 0.15) is 23.4 Å². The van der Waals surface area contributed by atoms with Crippen LogP contribution in [0.1, 0.15) is 30.0 Å². The second-order valence-electron chi connectivity index (χ2n) is 6.88. The molecule has 0 amide bonds. The van der Waals surface area contributed by atoms with Crippen LogP contribution in [0.2, 0.25) is 0 Å². The monoisotopic (exact) mass is 429 g/mol. The van der Waals surface area contributed by atoms with Crippen molar-refractivity contribution in [3.63, 3.8) is 0 Å². The number of fused-ring (bicyclic) bond motifs is 1. The van der Waals surface area contributed by atoms with E-state index in [0.29, 0.717) is 28.0 Å². The molecular weight excluding hydrogens is 411 g/mol. The first kappa shape index (κ1) is 20.5. The molecule has 0 aliphatic carbocycles. The number of alkyl halides is 3. The predicted molar refractivity (Wildman–Crippen MR) is 107 cm³/mol. The zero-order valence-electron chi connectivity index (χ0n) is 16.8. The van der Waals surface area contributed by atoms with Gasteiger partial charge in [-0.3, -0.25) is 0 Å². The molecule has 1 N–H and O–H groups in total. The lowest BCUT2D eigenvalue weighted by Crippen LogP contribution is -2.14. The first-order valence-corrected chi connectivity index (χ1v) is 9.25. The largest absolute Gasteiger partial charge is 0.494 e. The van der Waals surface area contributed by atoms with Crippen molar-refractivity contribution in [3.05, 3.63) is 60.5 Å². The molecule has 4 rings (SSSR count). The summed E-state index contributed by atoms with van der Waals surface area (Å²) in [6.07, 6.45) is 2.54. The van der Waals surface area contributed by atoms with Crippen molar-refractivity contribution >= 4 is 16.7 Å². The Bertz CT molecular complexity index is 1220. The van der Waals surface area contributed by atoms with Crippen LogP contribution < -0.4 is 10.1 Å². The third-order valence-electron chi connectivity index (χ3n) is 4.79. The van der Waals surface area contributed by atoms with Crippen molar-refractivity contribution in [2.45, 2.75) is 26.1 Å². The Morgan fingerprint density at radius 2 is 1.81 bits per heavy atom. The summed E-state index contributed by atoms with van der Waals surface area (Å²) >= 11 is 0. The molecule has 8 nitrogen and oxygen atoms in total. The topological polar surface area (TPSA) is 90.6 Å². The van der Waals surface area contributed by atoms with Crippen LogP contribution in [-0.2, 0) is 6.18 Å². The number of nitrogens with one attached hydrogen (secondary N) is 1. The van der Waals surface area contributed by atoms with Gasteiger partial charge in [0.05, 0.1) is 25.2 Å². The molecule has 0 bridgehead atoms. The average Bonchev–Trinajstić information content (AvgIpc) is 3.18. The van der Waals surface area contributed by atoms with Crippen LogP contribution in [0.3, 0.4) is 0 Å². The standard InChI is InChI=1S/C20H18F3N7O/c1-11-6-24-10-30(11)14-4-15-17(16(5-14)31-3)27-9-28-18(15)29-12(2)13-7-25-19(26-8-13)20(21,22)23/h4-10,12H,1-3H3,(H,27,28,29). The van der Waals surface area contributed by atoms with Gasteiger partial charge in [-0.1, -0.05) is 0 Å². The van der Waals surface area contributed by atoms with Gasteiger partial charge in [-0.25, -0.2) is 24.9 Å². The number of anilines is 1. The van der Waals surface area contributed by atoms with Crippen LogP contribution in [0.4, 0.5) is 19.0 Å². The zero-order chi connectivity index (χ0) is 22.2. The summed E-state index contributed by atoms with van der Waals surface area (Å²) in [5.74, 6) is -0.132. The van der Waals surface area contributed by atoms with E-state index in [1.165, 1.54) is 6.33 Å². The van der Waals surface area contributed by atoms with Crippen molar-refractivity contribution in [2.75, 3.05) is 12.4 Å². The Hall–Kier alpha value is -3.76. The minimum Gasteiger partial charge on any atom is -0.494 e. The van der Waals surface area contributed by atoms with Crippen LogP contribution in [0.25, 0.3) is 16.6 Å². The number of aromatic nitrogens is 6. The van der Waals surface area contributed by atoms with E-state index in [9.17, 15) is 13.2 Å². The van der Waals surface area contributed by atoms with Crippen molar-refractivity contribution in [1.29, 1.82) is 0 Å². The number of rotatable bonds is 5. The van der Waals surface area contributed by atoms with E-state index in [1.54, 1.807) is 26.6 Å². The smallest absolute Gasteiger partial charge is 0.451 e. The molecule has 1 atom stereocenters. The second kappa shape index (κ2) is 7.82. The highest BCUT2D eigenvalue weighted by molar-refractivity contribution is 5.94. The summed E-state index contributed by atoms with van der Waals surface area (Å²) in [6.45, 7) is 3.71. The van der Waals surface area contributed by atoms with E-state index < -0.39 is 18.0 Å². The highest BCUT2D eigenvalue weighted by Crippen LogP contribution is 2.33. The minimum atomic E-state index is -4.59. The van der Waals surface area contributed by atoms with E-state index in [2.05, 4.69) is 30.2 Å². The van der Waals surface area contributed by atoms with E-state index in [4.69, 9.17) is 4.74 Å².